The Morgan fingerprint density at radius 3 is 1.78 bits per heavy atom. The highest BCUT2D eigenvalue weighted by Crippen LogP contribution is 2.23. The van der Waals surface area contributed by atoms with Crippen molar-refractivity contribution in [3.63, 3.8) is 0 Å². The highest BCUT2D eigenvalue weighted by molar-refractivity contribution is 6.39. The number of hydrogen-bond acceptors (Lipinski definition) is 2. The number of aryl methyl sites for hydroxylation is 1. The van der Waals surface area contributed by atoms with Gasteiger partial charge >= 0.3 is 11.8 Å². The number of anilines is 1. The van der Waals surface area contributed by atoms with Gasteiger partial charge in [-0.2, -0.15) is 0 Å². The van der Waals surface area contributed by atoms with Crippen molar-refractivity contribution in [2.24, 2.45) is 0 Å². The van der Waals surface area contributed by atoms with Gasteiger partial charge in [-0.1, -0.05) is 78.4 Å². The molecule has 3 rings (SSSR count). The fraction of sp³-hybridized carbons (Fsp3) is 0.130. The van der Waals surface area contributed by atoms with E-state index >= 15 is 0 Å². The minimum Gasteiger partial charge on any atom is -0.347 e. The van der Waals surface area contributed by atoms with E-state index in [1.165, 1.54) is 0 Å². The highest BCUT2D eigenvalue weighted by Gasteiger charge is 2.18. The van der Waals surface area contributed by atoms with Crippen LogP contribution in [0.4, 0.5) is 5.69 Å². The van der Waals surface area contributed by atoms with Crippen LogP contribution in [0.15, 0.2) is 84.9 Å². The molecule has 0 fully saturated rings. The Kier molecular flexibility index (Phi) is 6.00. The number of carbonyl (C=O) groups is 2. The number of benzene rings is 3. The first-order chi connectivity index (χ1) is 13.1. The van der Waals surface area contributed by atoms with Gasteiger partial charge < -0.3 is 10.6 Å². The normalized spacial score (nSPS) is 10.4. The molecule has 0 aliphatic heterocycles. The summed E-state index contributed by atoms with van der Waals surface area (Å²) in [5.74, 6) is -1.34. The molecule has 4 heteroatoms. The molecule has 0 atom stereocenters. The average molecular weight is 358 g/mol. The molecule has 2 amide bonds. The molecule has 2 N–H and O–H groups in total. The summed E-state index contributed by atoms with van der Waals surface area (Å²) < 4.78 is 0. The van der Waals surface area contributed by atoms with Crippen LogP contribution in [-0.2, 0) is 9.59 Å². The van der Waals surface area contributed by atoms with Crippen molar-refractivity contribution in [3.8, 4) is 0 Å². The molecule has 0 radical (unpaired) electrons. The van der Waals surface area contributed by atoms with E-state index < -0.39 is 11.8 Å². The molecule has 136 valence electrons. The first kappa shape index (κ1) is 18.4. The molecule has 0 saturated carbocycles. The van der Waals surface area contributed by atoms with Gasteiger partial charge in [0.15, 0.2) is 0 Å². The van der Waals surface area contributed by atoms with Crippen LogP contribution in [0.3, 0.4) is 0 Å². The van der Waals surface area contributed by atoms with Gasteiger partial charge in [-0.3, -0.25) is 9.59 Å². The third-order valence-corrected chi connectivity index (χ3v) is 4.39. The third-order valence-electron chi connectivity index (χ3n) is 4.39. The van der Waals surface area contributed by atoms with Crippen LogP contribution in [-0.4, -0.2) is 18.4 Å². The van der Waals surface area contributed by atoms with Gasteiger partial charge in [0.2, 0.25) is 0 Å². The van der Waals surface area contributed by atoms with Crippen LogP contribution in [0.25, 0.3) is 0 Å². The summed E-state index contributed by atoms with van der Waals surface area (Å²) in [6.45, 7) is 2.31. The second-order valence-electron chi connectivity index (χ2n) is 6.40. The van der Waals surface area contributed by atoms with Crippen molar-refractivity contribution in [2.75, 3.05) is 11.9 Å². The summed E-state index contributed by atoms with van der Waals surface area (Å²) in [5, 5.41) is 5.38. The molecule has 0 spiro atoms. The van der Waals surface area contributed by atoms with E-state index in [2.05, 4.69) is 10.6 Å². The third kappa shape index (κ3) is 5.05. The van der Waals surface area contributed by atoms with Crippen molar-refractivity contribution >= 4 is 17.5 Å². The number of hydrogen-bond donors (Lipinski definition) is 2. The van der Waals surface area contributed by atoms with E-state index in [0.717, 1.165) is 16.7 Å². The maximum atomic E-state index is 12.3. The van der Waals surface area contributed by atoms with Gasteiger partial charge in [0, 0.05) is 18.2 Å². The molecule has 3 aromatic carbocycles. The summed E-state index contributed by atoms with van der Waals surface area (Å²) in [5.41, 5.74) is 3.86. The summed E-state index contributed by atoms with van der Waals surface area (Å²) in [6, 6.07) is 27.2. The number of amides is 2. The van der Waals surface area contributed by atoms with E-state index in [0.29, 0.717) is 12.2 Å². The Labute approximate surface area is 159 Å². The number of carbonyl (C=O) groups excluding carboxylic acids is 2. The van der Waals surface area contributed by atoms with Gasteiger partial charge in [0.25, 0.3) is 0 Å². The summed E-state index contributed by atoms with van der Waals surface area (Å²) in [7, 11) is 0. The lowest BCUT2D eigenvalue weighted by atomic mass is 9.91. The largest absolute Gasteiger partial charge is 0.347 e. The van der Waals surface area contributed by atoms with Crippen molar-refractivity contribution in [2.45, 2.75) is 12.8 Å². The van der Waals surface area contributed by atoms with Crippen LogP contribution >= 0.6 is 0 Å². The van der Waals surface area contributed by atoms with E-state index in [9.17, 15) is 9.59 Å². The standard InChI is InChI=1S/C23H22N2O2/c1-17-12-14-20(15-13-17)25-23(27)22(26)24-16-21(18-8-4-2-5-9-18)19-10-6-3-7-11-19/h2-15,21H,16H2,1H3,(H,24,26)(H,25,27). The molecule has 4 nitrogen and oxygen atoms in total. The number of rotatable bonds is 5. The Morgan fingerprint density at radius 1 is 0.741 bits per heavy atom. The predicted octanol–water partition coefficient (Wildman–Crippen LogP) is 3.88. The van der Waals surface area contributed by atoms with Gasteiger partial charge in [-0.15, -0.1) is 0 Å². The van der Waals surface area contributed by atoms with E-state index in [-0.39, 0.29) is 5.92 Å². The van der Waals surface area contributed by atoms with Crippen LogP contribution < -0.4 is 10.6 Å². The lowest BCUT2D eigenvalue weighted by molar-refractivity contribution is -0.136. The summed E-state index contributed by atoms with van der Waals surface area (Å²) >= 11 is 0. The Morgan fingerprint density at radius 2 is 1.26 bits per heavy atom. The first-order valence-corrected chi connectivity index (χ1v) is 8.89. The van der Waals surface area contributed by atoms with Crippen LogP contribution in [0.2, 0.25) is 0 Å². The lowest BCUT2D eigenvalue weighted by Crippen LogP contribution is -2.37. The van der Waals surface area contributed by atoms with Crippen molar-refractivity contribution in [3.05, 3.63) is 102 Å². The second-order valence-corrected chi connectivity index (χ2v) is 6.40. The smallest absolute Gasteiger partial charge is 0.313 e. The Balaban J connectivity index is 1.67. The maximum absolute atomic E-state index is 12.3. The topological polar surface area (TPSA) is 58.2 Å². The zero-order valence-electron chi connectivity index (χ0n) is 15.2. The summed E-state index contributed by atoms with van der Waals surface area (Å²) in [4.78, 5) is 24.4. The minimum atomic E-state index is -0.668. The monoisotopic (exact) mass is 358 g/mol. The van der Waals surface area contributed by atoms with Crippen LogP contribution in [0.5, 0.6) is 0 Å². The molecule has 0 unspecified atom stereocenters. The molecule has 0 saturated heterocycles. The molecule has 0 aliphatic rings. The van der Waals surface area contributed by atoms with Gasteiger partial charge in [-0.25, -0.2) is 0 Å². The minimum absolute atomic E-state index is 0.0245. The number of nitrogens with one attached hydrogen (secondary N) is 2. The van der Waals surface area contributed by atoms with Crippen molar-refractivity contribution in [1.29, 1.82) is 0 Å². The van der Waals surface area contributed by atoms with Crippen LogP contribution in [0, 0.1) is 6.92 Å². The van der Waals surface area contributed by atoms with E-state index in [4.69, 9.17) is 0 Å². The van der Waals surface area contributed by atoms with Crippen LogP contribution in [0.1, 0.15) is 22.6 Å². The van der Waals surface area contributed by atoms with E-state index in [1.807, 2.05) is 79.7 Å². The predicted molar refractivity (Wildman–Crippen MR) is 108 cm³/mol. The quantitative estimate of drug-likeness (QED) is 0.680. The molecular formula is C23H22N2O2. The lowest BCUT2D eigenvalue weighted by Gasteiger charge is -2.18. The Hall–Kier alpha value is -3.40. The fourth-order valence-corrected chi connectivity index (χ4v) is 2.90. The second kappa shape index (κ2) is 8.81. The average Bonchev–Trinajstić information content (AvgIpc) is 2.71. The van der Waals surface area contributed by atoms with E-state index in [1.54, 1.807) is 12.1 Å². The van der Waals surface area contributed by atoms with Gasteiger partial charge in [-0.05, 0) is 30.2 Å². The zero-order chi connectivity index (χ0) is 19.1. The zero-order valence-corrected chi connectivity index (χ0v) is 15.2. The highest BCUT2D eigenvalue weighted by atomic mass is 16.2. The molecule has 0 aromatic heterocycles. The maximum Gasteiger partial charge on any atom is 0.313 e. The Bertz CT molecular complexity index is 851. The van der Waals surface area contributed by atoms with Gasteiger partial charge in [0.1, 0.15) is 0 Å². The van der Waals surface area contributed by atoms with Crippen molar-refractivity contribution in [1.82, 2.24) is 5.32 Å². The fourth-order valence-electron chi connectivity index (χ4n) is 2.90. The molecule has 0 bridgehead atoms. The SMILES string of the molecule is Cc1ccc(NC(=O)C(=O)NCC(c2ccccc2)c2ccccc2)cc1. The molecule has 0 heterocycles. The first-order valence-electron chi connectivity index (χ1n) is 8.89. The van der Waals surface area contributed by atoms with Gasteiger partial charge in [0.05, 0.1) is 0 Å². The molecule has 0 aliphatic carbocycles. The molecule has 3 aromatic rings. The van der Waals surface area contributed by atoms with Crippen molar-refractivity contribution < 1.29 is 9.59 Å². The molecule has 27 heavy (non-hydrogen) atoms. The molecular weight excluding hydrogens is 336 g/mol. The summed E-state index contributed by atoms with van der Waals surface area (Å²) in [6.07, 6.45) is 0.